The highest BCUT2D eigenvalue weighted by Crippen LogP contribution is 2.25. The molecule has 21 heavy (non-hydrogen) atoms. The van der Waals surface area contributed by atoms with Crippen LogP contribution in [0.15, 0.2) is 18.2 Å². The molecule has 5 nitrogen and oxygen atoms in total. The van der Waals surface area contributed by atoms with Gasteiger partial charge in [0.1, 0.15) is 5.75 Å². The number of carbonyl (C=O) groups is 1. The quantitative estimate of drug-likeness (QED) is 0.835. The number of nitrogens with two attached hydrogens (primary N) is 1. The number of halogens is 1. The molecule has 2 rings (SSSR count). The third-order valence-corrected chi connectivity index (χ3v) is 3.67. The number of rotatable bonds is 6. The number of ether oxygens (including phenoxy) is 2. The predicted octanol–water partition coefficient (Wildman–Crippen LogP) is 1.52. The van der Waals surface area contributed by atoms with E-state index in [1.807, 2.05) is 12.1 Å². The monoisotopic (exact) mass is 312 g/mol. The topological polar surface area (TPSA) is 73.6 Å². The third kappa shape index (κ3) is 5.19. The number of benzene rings is 1. The van der Waals surface area contributed by atoms with Crippen molar-refractivity contribution in [2.45, 2.75) is 25.3 Å². The first-order valence-electron chi connectivity index (χ1n) is 7.17. The van der Waals surface area contributed by atoms with Crippen LogP contribution in [0.5, 0.6) is 5.75 Å². The highest BCUT2D eigenvalue weighted by Gasteiger charge is 2.16. The molecule has 1 saturated heterocycles. The Bertz CT molecular complexity index is 476. The molecule has 0 saturated carbocycles. The zero-order chi connectivity index (χ0) is 15.1. The van der Waals surface area contributed by atoms with Crippen molar-refractivity contribution in [3.8, 4) is 5.75 Å². The third-order valence-electron chi connectivity index (χ3n) is 3.37. The van der Waals surface area contributed by atoms with Crippen molar-refractivity contribution < 1.29 is 14.3 Å². The van der Waals surface area contributed by atoms with E-state index in [1.54, 1.807) is 6.07 Å². The van der Waals surface area contributed by atoms with Crippen molar-refractivity contribution in [2.24, 2.45) is 5.73 Å². The van der Waals surface area contributed by atoms with Crippen LogP contribution in [0.3, 0.4) is 0 Å². The van der Waals surface area contributed by atoms with Crippen molar-refractivity contribution in [1.82, 2.24) is 5.32 Å². The lowest BCUT2D eigenvalue weighted by molar-refractivity contribution is -0.124. The Morgan fingerprint density at radius 1 is 1.43 bits per heavy atom. The summed E-state index contributed by atoms with van der Waals surface area (Å²) in [5.41, 5.74) is 6.56. The maximum absolute atomic E-state index is 11.8. The second kappa shape index (κ2) is 8.22. The lowest BCUT2D eigenvalue weighted by atomic mass is 10.1. The van der Waals surface area contributed by atoms with Gasteiger partial charge in [0.15, 0.2) is 6.61 Å². The Balaban J connectivity index is 1.80. The maximum Gasteiger partial charge on any atom is 0.258 e. The van der Waals surface area contributed by atoms with E-state index < -0.39 is 0 Å². The van der Waals surface area contributed by atoms with Gasteiger partial charge in [-0.05, 0) is 43.5 Å². The molecule has 1 aliphatic rings. The fourth-order valence-corrected chi connectivity index (χ4v) is 2.50. The van der Waals surface area contributed by atoms with Gasteiger partial charge >= 0.3 is 0 Å². The molecule has 116 valence electrons. The first-order chi connectivity index (χ1) is 10.2. The standard InChI is InChI=1S/C15H21ClN2O3/c16-13-9-11(3-6-17)1-2-14(13)21-10-15(19)18-12-4-7-20-8-5-12/h1-2,9,12H,3-8,10,17H2,(H,18,19). The number of carbonyl (C=O) groups excluding carboxylic acids is 1. The maximum atomic E-state index is 11.8. The Labute approximate surface area is 129 Å². The lowest BCUT2D eigenvalue weighted by Crippen LogP contribution is -2.41. The van der Waals surface area contributed by atoms with Crippen LogP contribution in [0.4, 0.5) is 0 Å². The van der Waals surface area contributed by atoms with Crippen LogP contribution < -0.4 is 15.8 Å². The Kier molecular flexibility index (Phi) is 6.29. The fraction of sp³-hybridized carbons (Fsp3) is 0.533. The zero-order valence-electron chi connectivity index (χ0n) is 11.9. The summed E-state index contributed by atoms with van der Waals surface area (Å²) >= 11 is 6.13. The van der Waals surface area contributed by atoms with Crippen molar-refractivity contribution in [3.63, 3.8) is 0 Å². The van der Waals surface area contributed by atoms with Crippen LogP contribution in [-0.4, -0.2) is 38.3 Å². The van der Waals surface area contributed by atoms with Gasteiger partial charge in [-0.2, -0.15) is 0 Å². The van der Waals surface area contributed by atoms with E-state index in [1.165, 1.54) is 0 Å². The number of amides is 1. The summed E-state index contributed by atoms with van der Waals surface area (Å²) in [6.07, 6.45) is 2.46. The van der Waals surface area contributed by atoms with Gasteiger partial charge in [0.25, 0.3) is 5.91 Å². The van der Waals surface area contributed by atoms with Crippen LogP contribution in [0, 0.1) is 0 Å². The van der Waals surface area contributed by atoms with E-state index in [2.05, 4.69) is 5.32 Å². The minimum atomic E-state index is -0.135. The molecule has 0 unspecified atom stereocenters. The van der Waals surface area contributed by atoms with Gasteiger partial charge in [-0.25, -0.2) is 0 Å². The minimum Gasteiger partial charge on any atom is -0.482 e. The molecule has 0 radical (unpaired) electrons. The molecule has 0 atom stereocenters. The Morgan fingerprint density at radius 2 is 2.19 bits per heavy atom. The first-order valence-corrected chi connectivity index (χ1v) is 7.55. The summed E-state index contributed by atoms with van der Waals surface area (Å²) in [6, 6.07) is 5.68. The number of hydrogen-bond donors (Lipinski definition) is 2. The van der Waals surface area contributed by atoms with Gasteiger partial charge in [-0.1, -0.05) is 17.7 Å². The van der Waals surface area contributed by atoms with E-state index in [9.17, 15) is 4.79 Å². The molecule has 1 aromatic rings. The van der Waals surface area contributed by atoms with E-state index in [4.69, 9.17) is 26.8 Å². The smallest absolute Gasteiger partial charge is 0.258 e. The van der Waals surface area contributed by atoms with Crippen LogP contribution in [-0.2, 0) is 16.0 Å². The molecule has 0 bridgehead atoms. The van der Waals surface area contributed by atoms with E-state index >= 15 is 0 Å². The average Bonchev–Trinajstić information content (AvgIpc) is 2.48. The second-order valence-corrected chi connectivity index (χ2v) is 5.45. The molecular weight excluding hydrogens is 292 g/mol. The predicted molar refractivity (Wildman–Crippen MR) is 81.7 cm³/mol. The SMILES string of the molecule is NCCc1ccc(OCC(=O)NC2CCOCC2)c(Cl)c1. The molecule has 1 fully saturated rings. The first kappa shape index (κ1) is 16.1. The molecule has 6 heteroatoms. The molecule has 3 N–H and O–H groups in total. The van der Waals surface area contributed by atoms with Crippen LogP contribution in [0.1, 0.15) is 18.4 Å². The Hall–Kier alpha value is -1.30. The van der Waals surface area contributed by atoms with Crippen LogP contribution >= 0.6 is 11.6 Å². The number of hydrogen-bond acceptors (Lipinski definition) is 4. The van der Waals surface area contributed by atoms with Gasteiger partial charge in [-0.3, -0.25) is 4.79 Å². The summed E-state index contributed by atoms with van der Waals surface area (Å²) in [5, 5.41) is 3.44. The second-order valence-electron chi connectivity index (χ2n) is 5.05. The van der Waals surface area contributed by atoms with Crippen molar-refractivity contribution >= 4 is 17.5 Å². The van der Waals surface area contributed by atoms with Crippen molar-refractivity contribution in [1.29, 1.82) is 0 Å². The van der Waals surface area contributed by atoms with Gasteiger partial charge in [0.2, 0.25) is 0 Å². The summed E-state index contributed by atoms with van der Waals surface area (Å²) < 4.78 is 10.7. The summed E-state index contributed by atoms with van der Waals surface area (Å²) in [5.74, 6) is 0.378. The molecule has 0 spiro atoms. The highest BCUT2D eigenvalue weighted by atomic mass is 35.5. The molecule has 0 aliphatic carbocycles. The molecule has 1 aliphatic heterocycles. The van der Waals surface area contributed by atoms with Crippen LogP contribution in [0.2, 0.25) is 5.02 Å². The summed E-state index contributed by atoms with van der Waals surface area (Å²) in [6.45, 7) is 1.93. The lowest BCUT2D eigenvalue weighted by Gasteiger charge is -2.23. The molecule has 1 amide bonds. The van der Waals surface area contributed by atoms with Gasteiger partial charge in [0, 0.05) is 19.3 Å². The highest BCUT2D eigenvalue weighted by molar-refractivity contribution is 6.32. The fourth-order valence-electron chi connectivity index (χ4n) is 2.24. The average molecular weight is 313 g/mol. The molecule has 1 aromatic carbocycles. The van der Waals surface area contributed by atoms with E-state index in [-0.39, 0.29) is 18.6 Å². The molecular formula is C15H21ClN2O3. The molecule has 0 aromatic heterocycles. The minimum absolute atomic E-state index is 0.0344. The van der Waals surface area contributed by atoms with Crippen molar-refractivity contribution in [2.75, 3.05) is 26.4 Å². The van der Waals surface area contributed by atoms with Crippen LogP contribution in [0.25, 0.3) is 0 Å². The largest absolute Gasteiger partial charge is 0.482 e. The zero-order valence-corrected chi connectivity index (χ0v) is 12.7. The summed E-state index contributed by atoms with van der Waals surface area (Å²) in [7, 11) is 0. The number of nitrogens with one attached hydrogen (secondary N) is 1. The van der Waals surface area contributed by atoms with Gasteiger partial charge in [-0.15, -0.1) is 0 Å². The summed E-state index contributed by atoms with van der Waals surface area (Å²) in [4.78, 5) is 11.8. The normalized spacial score (nSPS) is 15.7. The van der Waals surface area contributed by atoms with E-state index in [0.29, 0.717) is 30.5 Å². The van der Waals surface area contributed by atoms with Crippen molar-refractivity contribution in [3.05, 3.63) is 28.8 Å². The Morgan fingerprint density at radius 3 is 2.86 bits per heavy atom. The van der Waals surface area contributed by atoms with Gasteiger partial charge in [0.05, 0.1) is 5.02 Å². The van der Waals surface area contributed by atoms with E-state index in [0.717, 1.165) is 24.8 Å². The molecule has 1 heterocycles. The van der Waals surface area contributed by atoms with Gasteiger partial charge < -0.3 is 20.5 Å².